The Hall–Kier alpha value is -2.34. The predicted molar refractivity (Wildman–Crippen MR) is 54.5 cm³/mol. The van der Waals surface area contributed by atoms with Gasteiger partial charge < -0.3 is 19.7 Å². The van der Waals surface area contributed by atoms with Crippen LogP contribution in [0.15, 0.2) is 0 Å². The Kier molecular flexibility index (Phi) is 45.7. The smallest absolute Gasteiger partial charge is 0.450 e. The fourth-order valence-corrected chi connectivity index (χ4v) is 0.123. The van der Waals surface area contributed by atoms with Crippen molar-refractivity contribution in [3.05, 3.63) is 0 Å². The van der Waals surface area contributed by atoms with Crippen LogP contribution in [0.1, 0.15) is 6.92 Å². The summed E-state index contributed by atoms with van der Waals surface area (Å²) in [5.41, 5.74) is 0. The van der Waals surface area contributed by atoms with Crippen LogP contribution in [0, 0.1) is 25.7 Å². The Bertz CT molecular complexity index is 176. The summed E-state index contributed by atoms with van der Waals surface area (Å²) in [6.07, 6.45) is 13.5. The van der Waals surface area contributed by atoms with Gasteiger partial charge in [0.25, 0.3) is 0 Å². The third-order valence-electron chi connectivity index (χ3n) is 0.442. The Morgan fingerprint density at radius 3 is 1.33 bits per heavy atom. The van der Waals surface area contributed by atoms with Gasteiger partial charge in [0, 0.05) is 0 Å². The van der Waals surface area contributed by atoms with Gasteiger partial charge >= 0.3 is 12.3 Å². The van der Waals surface area contributed by atoms with Crippen molar-refractivity contribution in [1.29, 1.82) is 0 Å². The van der Waals surface area contributed by atoms with Crippen LogP contribution in [0.2, 0.25) is 0 Å². The molecule has 0 spiro atoms. The average molecular weight is 218 g/mol. The molecule has 0 aromatic rings. The fraction of sp³-hybridized carbons (Fsp3) is 0.333. The van der Waals surface area contributed by atoms with Crippen molar-refractivity contribution in [2.75, 3.05) is 13.7 Å². The maximum atomic E-state index is 9.38. The van der Waals surface area contributed by atoms with Crippen molar-refractivity contribution in [2.45, 2.75) is 6.92 Å². The van der Waals surface area contributed by atoms with Gasteiger partial charge in [0.2, 0.25) is 0 Å². The van der Waals surface area contributed by atoms with Gasteiger partial charge in [0.1, 0.15) is 0 Å². The molecule has 0 aliphatic heterocycles. The van der Waals surface area contributed by atoms with Gasteiger partial charge in [-0.15, -0.1) is 25.7 Å². The van der Waals surface area contributed by atoms with Crippen molar-refractivity contribution >= 4 is 12.3 Å². The van der Waals surface area contributed by atoms with E-state index in [4.69, 9.17) is 15.0 Å². The van der Waals surface area contributed by atoms with E-state index in [-0.39, 0.29) is 6.61 Å². The number of ether oxygens (including phenoxy) is 2. The zero-order valence-corrected chi connectivity index (χ0v) is 8.54. The topological polar surface area (TPSA) is 93.1 Å². The number of methoxy groups -OCH3 is 1. The predicted octanol–water partition coefficient (Wildman–Crippen LogP) is 1.51. The lowest BCUT2D eigenvalue weighted by atomic mass is 10.9. The highest BCUT2D eigenvalue weighted by Gasteiger charge is 1.86. The van der Waals surface area contributed by atoms with Gasteiger partial charge in [0.15, 0.2) is 0 Å². The highest BCUT2D eigenvalue weighted by atomic mass is 16.7. The van der Waals surface area contributed by atoms with Crippen LogP contribution in [0.3, 0.4) is 0 Å². The molecule has 0 fully saturated rings. The van der Waals surface area contributed by atoms with E-state index in [1.165, 1.54) is 0 Å². The lowest BCUT2D eigenvalue weighted by Crippen LogP contribution is -1.97. The molecular weight excluding hydrogens is 204 g/mol. The Balaban J connectivity index is -0.0000000610. The highest BCUT2D eigenvalue weighted by molar-refractivity contribution is 5.56. The van der Waals surface area contributed by atoms with Gasteiger partial charge in [-0.2, -0.15) is 0 Å². The van der Waals surface area contributed by atoms with E-state index in [0.29, 0.717) is 0 Å². The van der Waals surface area contributed by atoms with Gasteiger partial charge in [-0.05, 0) is 6.92 Å². The first-order valence-corrected chi connectivity index (χ1v) is 3.33. The second-order valence-electron chi connectivity index (χ2n) is 1.17. The van der Waals surface area contributed by atoms with E-state index in [1.807, 2.05) is 0 Å². The average Bonchev–Trinajstić information content (AvgIpc) is 2.24. The van der Waals surface area contributed by atoms with Gasteiger partial charge in [-0.25, -0.2) is 9.59 Å². The molecular formula is C9H14O6. The summed E-state index contributed by atoms with van der Waals surface area (Å²) in [7, 11) is 1.10. The van der Waals surface area contributed by atoms with Crippen LogP contribution in [-0.4, -0.2) is 36.2 Å². The molecule has 6 nitrogen and oxygen atoms in total. The Morgan fingerprint density at radius 2 is 1.33 bits per heavy atom. The summed E-state index contributed by atoms with van der Waals surface area (Å²) in [6.45, 7) is 1.85. The number of terminal acetylenes is 2. The second kappa shape index (κ2) is 29.9. The number of rotatable bonds is 1. The monoisotopic (exact) mass is 218 g/mol. The molecule has 0 aliphatic rings. The molecule has 15 heavy (non-hydrogen) atoms. The van der Waals surface area contributed by atoms with Crippen LogP contribution in [-0.2, 0) is 9.47 Å². The molecule has 0 atom stereocenters. The van der Waals surface area contributed by atoms with Crippen LogP contribution in [0.4, 0.5) is 9.59 Å². The molecule has 0 bridgehead atoms. The molecule has 0 rings (SSSR count). The van der Waals surface area contributed by atoms with E-state index in [1.54, 1.807) is 6.92 Å². The first-order chi connectivity index (χ1) is 7.04. The molecule has 0 aromatic heterocycles. The molecule has 0 saturated heterocycles. The Labute approximate surface area is 88.8 Å². The fourth-order valence-electron chi connectivity index (χ4n) is 0.123. The largest absolute Gasteiger partial charge is 0.505 e. The molecule has 0 saturated carbocycles. The van der Waals surface area contributed by atoms with Crippen molar-refractivity contribution in [2.24, 2.45) is 0 Å². The summed E-state index contributed by atoms with van der Waals surface area (Å²) in [5.74, 6) is 0. The van der Waals surface area contributed by atoms with E-state index >= 15 is 0 Å². The number of carbonyl (C=O) groups is 2. The van der Waals surface area contributed by atoms with Crippen molar-refractivity contribution in [3.63, 3.8) is 0 Å². The number of carboxylic acid groups (broad SMARTS) is 2. The van der Waals surface area contributed by atoms with E-state index in [9.17, 15) is 4.79 Å². The van der Waals surface area contributed by atoms with E-state index in [0.717, 1.165) is 7.11 Å². The molecule has 86 valence electrons. The summed E-state index contributed by atoms with van der Waals surface area (Å²) in [4.78, 5) is 18.5. The summed E-state index contributed by atoms with van der Waals surface area (Å²) >= 11 is 0. The number of hydrogen-bond donors (Lipinski definition) is 2. The van der Waals surface area contributed by atoms with Crippen LogP contribution in [0.25, 0.3) is 0 Å². The van der Waals surface area contributed by atoms with Gasteiger partial charge in [-0.3, -0.25) is 0 Å². The van der Waals surface area contributed by atoms with Crippen molar-refractivity contribution in [3.8, 4) is 25.7 Å². The molecule has 0 aliphatic carbocycles. The third kappa shape index (κ3) is 154. The van der Waals surface area contributed by atoms with Gasteiger partial charge in [-0.1, -0.05) is 0 Å². The Morgan fingerprint density at radius 1 is 1.07 bits per heavy atom. The summed E-state index contributed by atoms with van der Waals surface area (Å²) < 4.78 is 7.62. The molecule has 0 amide bonds. The van der Waals surface area contributed by atoms with Gasteiger partial charge in [0.05, 0.1) is 13.7 Å². The molecule has 0 aromatic carbocycles. The molecule has 0 radical (unpaired) electrons. The highest BCUT2D eigenvalue weighted by Crippen LogP contribution is 1.69. The first kappa shape index (κ1) is 23.0. The van der Waals surface area contributed by atoms with Crippen molar-refractivity contribution < 1.29 is 29.3 Å². The number of hydrogen-bond acceptors (Lipinski definition) is 4. The zero-order valence-electron chi connectivity index (χ0n) is 8.54. The second-order valence-corrected chi connectivity index (χ2v) is 1.17. The standard InChI is InChI=1S/C3H6O3.C2H4O3.2C2H2/c1-2-6-3(4)5;1-5-2(3)4;2*1-2/h2H2,1H3,(H,4,5);1H3,(H,3,4);2*1-2H. The summed E-state index contributed by atoms with van der Waals surface area (Å²) in [6, 6.07) is 0. The van der Waals surface area contributed by atoms with Crippen LogP contribution < -0.4 is 0 Å². The van der Waals surface area contributed by atoms with E-state index in [2.05, 4.69) is 35.2 Å². The minimum atomic E-state index is -1.25. The molecule has 0 unspecified atom stereocenters. The quantitative estimate of drug-likeness (QED) is 0.511. The molecule has 0 heterocycles. The minimum Gasteiger partial charge on any atom is -0.450 e. The maximum absolute atomic E-state index is 9.38. The minimum absolute atomic E-state index is 0.231. The van der Waals surface area contributed by atoms with Crippen LogP contribution in [0.5, 0.6) is 0 Å². The lowest BCUT2D eigenvalue weighted by molar-refractivity contribution is 0.0965. The maximum Gasteiger partial charge on any atom is 0.505 e. The third-order valence-corrected chi connectivity index (χ3v) is 0.442. The normalized spacial score (nSPS) is 5.47. The lowest BCUT2D eigenvalue weighted by Gasteiger charge is -1.87. The SMILES string of the molecule is C#C.C#C.CCOC(=O)O.COC(=O)O. The van der Waals surface area contributed by atoms with Crippen molar-refractivity contribution in [1.82, 2.24) is 0 Å². The summed E-state index contributed by atoms with van der Waals surface area (Å²) in [5, 5.41) is 15.2. The first-order valence-electron chi connectivity index (χ1n) is 3.33. The van der Waals surface area contributed by atoms with E-state index < -0.39 is 12.3 Å². The molecule has 2 N–H and O–H groups in total. The zero-order chi connectivity index (χ0) is 13.3. The van der Waals surface area contributed by atoms with Crippen LogP contribution >= 0.6 is 0 Å². The molecule has 6 heteroatoms.